The molecule has 0 atom stereocenters. The molecule has 15 heavy (non-hydrogen) atoms. The Morgan fingerprint density at radius 2 is 2.40 bits per heavy atom. The van der Waals surface area contributed by atoms with Crippen molar-refractivity contribution >= 4 is 11.9 Å². The van der Waals surface area contributed by atoms with Crippen LogP contribution in [0.4, 0.5) is 0 Å². The van der Waals surface area contributed by atoms with Gasteiger partial charge in [-0.05, 0) is 0 Å². The third-order valence-corrected chi connectivity index (χ3v) is 2.46. The second-order valence-corrected chi connectivity index (χ2v) is 3.51. The lowest BCUT2D eigenvalue weighted by Gasteiger charge is -2.25. The number of carbonyl (C=O) groups excluding carboxylic acids is 1. The van der Waals surface area contributed by atoms with Gasteiger partial charge >= 0.3 is 5.97 Å². The number of nitrogens with one attached hydrogen (secondary N) is 1. The Bertz CT molecular complexity index is 399. The number of aliphatic carboxylic acids is 1. The molecule has 80 valence electrons. The van der Waals surface area contributed by atoms with Gasteiger partial charge in [-0.3, -0.25) is 14.7 Å². The molecule has 0 aliphatic carbocycles. The Balaban J connectivity index is 2.03. The molecule has 0 bridgehead atoms. The third kappa shape index (κ3) is 1.98. The van der Waals surface area contributed by atoms with E-state index in [0.717, 1.165) is 11.3 Å². The molecule has 0 saturated heterocycles. The molecule has 0 spiro atoms. The van der Waals surface area contributed by atoms with Crippen LogP contribution in [-0.4, -0.2) is 38.6 Å². The van der Waals surface area contributed by atoms with Crippen molar-refractivity contribution in [3.8, 4) is 0 Å². The summed E-state index contributed by atoms with van der Waals surface area (Å²) in [6, 6.07) is 0. The average Bonchev–Trinajstić information content (AvgIpc) is 2.62. The topological polar surface area (TPSA) is 86.3 Å². The summed E-state index contributed by atoms with van der Waals surface area (Å²) in [5.74, 6) is -1.42. The number of H-pyrrole nitrogens is 1. The number of rotatable bonds is 2. The smallest absolute Gasteiger partial charge is 0.312 e. The van der Waals surface area contributed by atoms with E-state index < -0.39 is 12.4 Å². The fraction of sp³-hybridized carbons (Fsp3) is 0.444. The highest BCUT2D eigenvalue weighted by Crippen LogP contribution is 2.16. The van der Waals surface area contributed by atoms with Gasteiger partial charge in [0, 0.05) is 30.8 Å². The average molecular weight is 209 g/mol. The third-order valence-electron chi connectivity index (χ3n) is 2.46. The van der Waals surface area contributed by atoms with Crippen LogP contribution in [0.2, 0.25) is 0 Å². The van der Waals surface area contributed by atoms with Crippen molar-refractivity contribution in [2.75, 3.05) is 6.54 Å². The molecule has 1 aromatic rings. The van der Waals surface area contributed by atoms with E-state index in [2.05, 4.69) is 10.2 Å². The normalized spacial score (nSPS) is 14.8. The van der Waals surface area contributed by atoms with Gasteiger partial charge in [-0.15, -0.1) is 0 Å². The van der Waals surface area contributed by atoms with E-state index in [1.54, 1.807) is 11.1 Å². The molecule has 0 radical (unpaired) electrons. The summed E-state index contributed by atoms with van der Waals surface area (Å²) >= 11 is 0. The van der Waals surface area contributed by atoms with Crippen molar-refractivity contribution in [1.82, 2.24) is 15.1 Å². The number of amides is 1. The van der Waals surface area contributed by atoms with Gasteiger partial charge in [0.15, 0.2) is 0 Å². The van der Waals surface area contributed by atoms with Crippen molar-refractivity contribution in [3.05, 3.63) is 17.5 Å². The van der Waals surface area contributed by atoms with Crippen LogP contribution in [0.1, 0.15) is 17.7 Å². The van der Waals surface area contributed by atoms with Crippen molar-refractivity contribution in [3.63, 3.8) is 0 Å². The molecule has 2 N–H and O–H groups in total. The maximum absolute atomic E-state index is 11.5. The highest BCUT2D eigenvalue weighted by Gasteiger charge is 2.22. The minimum absolute atomic E-state index is 0.339. The molecule has 6 nitrogen and oxygen atoms in total. The van der Waals surface area contributed by atoms with Gasteiger partial charge in [0.2, 0.25) is 5.91 Å². The number of hydrogen-bond acceptors (Lipinski definition) is 3. The van der Waals surface area contributed by atoms with Crippen LogP contribution in [-0.2, 0) is 22.6 Å². The summed E-state index contributed by atoms with van der Waals surface area (Å²) in [5.41, 5.74) is 2.01. The van der Waals surface area contributed by atoms with Crippen LogP contribution in [0.25, 0.3) is 0 Å². The van der Waals surface area contributed by atoms with Crippen LogP contribution in [0, 0.1) is 0 Å². The molecule has 2 heterocycles. The lowest BCUT2D eigenvalue weighted by atomic mass is 10.1. The van der Waals surface area contributed by atoms with Crippen LogP contribution in [0.5, 0.6) is 0 Å². The van der Waals surface area contributed by atoms with E-state index in [9.17, 15) is 9.59 Å². The predicted octanol–water partition coefficient (Wildman–Crippen LogP) is -0.231. The Labute approximate surface area is 85.9 Å². The minimum atomic E-state index is -1.09. The molecule has 1 amide bonds. The summed E-state index contributed by atoms with van der Waals surface area (Å²) in [5, 5.41) is 15.2. The molecule has 0 fully saturated rings. The largest absolute Gasteiger partial charge is 0.481 e. The molecule has 2 rings (SSSR count). The Hall–Kier alpha value is -1.85. The minimum Gasteiger partial charge on any atom is -0.481 e. The van der Waals surface area contributed by atoms with Crippen molar-refractivity contribution < 1.29 is 14.7 Å². The summed E-state index contributed by atoms with van der Waals surface area (Å²) in [6.45, 7) is 1.01. The summed E-state index contributed by atoms with van der Waals surface area (Å²) in [4.78, 5) is 23.4. The van der Waals surface area contributed by atoms with Gasteiger partial charge in [-0.25, -0.2) is 0 Å². The molecular formula is C9H11N3O3. The molecule has 0 unspecified atom stereocenters. The van der Waals surface area contributed by atoms with E-state index in [0.29, 0.717) is 19.5 Å². The zero-order valence-corrected chi connectivity index (χ0v) is 8.06. The second-order valence-electron chi connectivity index (χ2n) is 3.51. The first-order chi connectivity index (χ1) is 7.16. The first kappa shape index (κ1) is 9.70. The molecular weight excluding hydrogens is 198 g/mol. The maximum Gasteiger partial charge on any atom is 0.312 e. The van der Waals surface area contributed by atoms with E-state index in [1.165, 1.54) is 0 Å². The molecule has 1 aromatic heterocycles. The SMILES string of the molecule is O=C(O)CC(=O)N1CCc2[nH]ncc2C1. The second kappa shape index (κ2) is 3.72. The van der Waals surface area contributed by atoms with Crippen LogP contribution >= 0.6 is 0 Å². The first-order valence-electron chi connectivity index (χ1n) is 4.67. The van der Waals surface area contributed by atoms with Crippen LogP contribution < -0.4 is 0 Å². The van der Waals surface area contributed by atoms with Crippen LogP contribution in [0.3, 0.4) is 0 Å². The quantitative estimate of drug-likeness (QED) is 0.659. The zero-order valence-electron chi connectivity index (χ0n) is 8.06. The highest BCUT2D eigenvalue weighted by atomic mass is 16.4. The van der Waals surface area contributed by atoms with E-state index in [-0.39, 0.29) is 5.91 Å². The van der Waals surface area contributed by atoms with Gasteiger partial charge in [-0.2, -0.15) is 5.10 Å². The van der Waals surface area contributed by atoms with Gasteiger partial charge < -0.3 is 10.0 Å². The van der Waals surface area contributed by atoms with E-state index in [1.807, 2.05) is 0 Å². The van der Waals surface area contributed by atoms with Crippen molar-refractivity contribution in [1.29, 1.82) is 0 Å². The fourth-order valence-corrected chi connectivity index (χ4v) is 1.68. The van der Waals surface area contributed by atoms with Gasteiger partial charge in [0.05, 0.1) is 6.20 Å². The predicted molar refractivity (Wildman–Crippen MR) is 50.0 cm³/mol. The van der Waals surface area contributed by atoms with E-state index in [4.69, 9.17) is 5.11 Å². The molecule has 0 aromatic carbocycles. The standard InChI is InChI=1S/C9H11N3O3/c13-8(3-9(14)15)12-2-1-7-6(5-12)4-10-11-7/h4H,1-3,5H2,(H,10,11)(H,14,15). The lowest BCUT2D eigenvalue weighted by Crippen LogP contribution is -2.36. The summed E-state index contributed by atoms with van der Waals surface area (Å²) < 4.78 is 0. The van der Waals surface area contributed by atoms with E-state index >= 15 is 0 Å². The highest BCUT2D eigenvalue weighted by molar-refractivity contribution is 5.93. The summed E-state index contributed by atoms with van der Waals surface area (Å²) in [6.07, 6.45) is 1.95. The lowest BCUT2D eigenvalue weighted by molar-refractivity contribution is -0.144. The number of carboxylic acids is 1. The van der Waals surface area contributed by atoms with Crippen LogP contribution in [0.15, 0.2) is 6.20 Å². The van der Waals surface area contributed by atoms with Gasteiger partial charge in [0.25, 0.3) is 0 Å². The number of carboxylic acid groups (broad SMARTS) is 1. The molecule has 1 aliphatic heterocycles. The number of carbonyl (C=O) groups is 2. The zero-order chi connectivity index (χ0) is 10.8. The Morgan fingerprint density at radius 1 is 1.60 bits per heavy atom. The number of aromatic amines is 1. The molecule has 6 heteroatoms. The van der Waals surface area contributed by atoms with Crippen molar-refractivity contribution in [2.24, 2.45) is 0 Å². The Kier molecular flexibility index (Phi) is 2.40. The number of aromatic nitrogens is 2. The Morgan fingerprint density at radius 3 is 3.13 bits per heavy atom. The molecule has 1 aliphatic rings. The maximum atomic E-state index is 11.5. The first-order valence-corrected chi connectivity index (χ1v) is 4.67. The van der Waals surface area contributed by atoms with Gasteiger partial charge in [-0.1, -0.05) is 0 Å². The van der Waals surface area contributed by atoms with Crippen molar-refractivity contribution in [2.45, 2.75) is 19.4 Å². The monoisotopic (exact) mass is 209 g/mol. The number of hydrogen-bond donors (Lipinski definition) is 2. The number of fused-ring (bicyclic) bond motifs is 1. The number of nitrogens with zero attached hydrogens (tertiary/aromatic N) is 2. The molecule has 0 saturated carbocycles. The van der Waals surface area contributed by atoms with Gasteiger partial charge in [0.1, 0.15) is 6.42 Å². The summed E-state index contributed by atoms with van der Waals surface area (Å²) in [7, 11) is 0. The fourth-order valence-electron chi connectivity index (χ4n) is 1.68.